The number of aryl methyl sites for hydroxylation is 1. The van der Waals surface area contributed by atoms with Crippen molar-refractivity contribution in [2.75, 3.05) is 5.32 Å². The maximum atomic E-state index is 12.3. The van der Waals surface area contributed by atoms with Gasteiger partial charge in [-0.25, -0.2) is 4.98 Å². The number of hydrogen-bond acceptors (Lipinski definition) is 4. The van der Waals surface area contributed by atoms with Crippen LogP contribution in [0.15, 0.2) is 42.5 Å². The first-order valence-electron chi connectivity index (χ1n) is 8.19. The van der Waals surface area contributed by atoms with Crippen LogP contribution in [0.3, 0.4) is 0 Å². The van der Waals surface area contributed by atoms with Crippen LogP contribution in [0.2, 0.25) is 0 Å². The minimum atomic E-state index is -0.0272. The fourth-order valence-corrected chi connectivity index (χ4v) is 4.27. The molecule has 1 aliphatic rings. The van der Waals surface area contributed by atoms with Crippen molar-refractivity contribution in [1.29, 1.82) is 0 Å². The molecule has 1 aliphatic carbocycles. The van der Waals surface area contributed by atoms with Gasteiger partial charge in [0.1, 0.15) is 0 Å². The monoisotopic (exact) mass is 373 g/mol. The van der Waals surface area contributed by atoms with Crippen molar-refractivity contribution in [1.82, 2.24) is 4.98 Å². The highest BCUT2D eigenvalue weighted by Crippen LogP contribution is 2.29. The van der Waals surface area contributed by atoms with Crippen LogP contribution in [0.25, 0.3) is 10.8 Å². The van der Waals surface area contributed by atoms with Gasteiger partial charge < -0.3 is 11.1 Å². The summed E-state index contributed by atoms with van der Waals surface area (Å²) in [5.41, 5.74) is 8.11. The molecular formula is C19H20ClN3OS. The van der Waals surface area contributed by atoms with Crippen LogP contribution in [0.4, 0.5) is 5.13 Å². The number of carbonyl (C=O) groups excluding carboxylic acids is 1. The molecular weight excluding hydrogens is 354 g/mol. The summed E-state index contributed by atoms with van der Waals surface area (Å²) in [5.74, 6) is -0.0272. The Balaban J connectivity index is 0.00000182. The van der Waals surface area contributed by atoms with E-state index in [1.165, 1.54) is 10.3 Å². The summed E-state index contributed by atoms with van der Waals surface area (Å²) in [6, 6.07) is 14.5. The van der Waals surface area contributed by atoms with E-state index in [2.05, 4.69) is 34.6 Å². The molecule has 6 heteroatoms. The van der Waals surface area contributed by atoms with Gasteiger partial charge >= 0.3 is 0 Å². The minimum Gasteiger partial charge on any atom is -0.327 e. The first kappa shape index (κ1) is 17.9. The minimum absolute atomic E-state index is 0. The molecule has 0 radical (unpaired) electrons. The molecule has 4 rings (SSSR count). The lowest BCUT2D eigenvalue weighted by Gasteiger charge is -2.15. The van der Waals surface area contributed by atoms with E-state index in [4.69, 9.17) is 5.73 Å². The molecule has 1 aromatic heterocycles. The summed E-state index contributed by atoms with van der Waals surface area (Å²) < 4.78 is 0. The van der Waals surface area contributed by atoms with Crippen molar-refractivity contribution in [3.8, 4) is 0 Å². The number of halogens is 1. The third-order valence-electron chi connectivity index (χ3n) is 4.40. The number of rotatable bonds is 3. The Labute approximate surface area is 156 Å². The van der Waals surface area contributed by atoms with Gasteiger partial charge in [0.15, 0.2) is 5.13 Å². The van der Waals surface area contributed by atoms with E-state index >= 15 is 0 Å². The van der Waals surface area contributed by atoms with Gasteiger partial charge in [-0.1, -0.05) is 42.5 Å². The van der Waals surface area contributed by atoms with Gasteiger partial charge in [-0.3, -0.25) is 4.79 Å². The lowest BCUT2D eigenvalue weighted by atomic mass is 9.99. The van der Waals surface area contributed by atoms with Crippen LogP contribution in [0.1, 0.15) is 22.6 Å². The first-order chi connectivity index (χ1) is 11.7. The smallest absolute Gasteiger partial charge is 0.230 e. The highest BCUT2D eigenvalue weighted by Gasteiger charge is 2.20. The molecule has 0 saturated heterocycles. The summed E-state index contributed by atoms with van der Waals surface area (Å²) >= 11 is 1.56. The number of hydrogen-bond donors (Lipinski definition) is 2. The number of fused-ring (bicyclic) bond motifs is 2. The van der Waals surface area contributed by atoms with E-state index in [0.29, 0.717) is 11.6 Å². The molecule has 3 N–H and O–H groups in total. The van der Waals surface area contributed by atoms with E-state index < -0.39 is 0 Å². The maximum absolute atomic E-state index is 12.3. The van der Waals surface area contributed by atoms with E-state index in [9.17, 15) is 4.79 Å². The van der Waals surface area contributed by atoms with Crippen LogP contribution in [0, 0.1) is 0 Å². The second-order valence-electron chi connectivity index (χ2n) is 6.30. The van der Waals surface area contributed by atoms with E-state index in [1.807, 2.05) is 18.2 Å². The van der Waals surface area contributed by atoms with Crippen molar-refractivity contribution >= 4 is 45.6 Å². The van der Waals surface area contributed by atoms with Gasteiger partial charge in [0, 0.05) is 10.9 Å². The van der Waals surface area contributed by atoms with Crippen molar-refractivity contribution in [2.45, 2.75) is 31.7 Å². The fourth-order valence-electron chi connectivity index (χ4n) is 3.15. The molecule has 3 aromatic rings. The quantitative estimate of drug-likeness (QED) is 0.735. The molecule has 4 nitrogen and oxygen atoms in total. The SMILES string of the molecule is Cl.N[C@H]1CCc2nc(NC(=O)Cc3ccc4ccccc4c3)sc2C1. The van der Waals surface area contributed by atoms with Gasteiger partial charge in [0.2, 0.25) is 5.91 Å². The van der Waals surface area contributed by atoms with Crippen LogP contribution < -0.4 is 11.1 Å². The molecule has 1 heterocycles. The Bertz CT molecular complexity index is 909. The van der Waals surface area contributed by atoms with Crippen LogP contribution in [-0.2, 0) is 24.1 Å². The van der Waals surface area contributed by atoms with Gasteiger partial charge in [-0.05, 0) is 35.6 Å². The second-order valence-corrected chi connectivity index (χ2v) is 7.38. The Hall–Kier alpha value is -1.95. The average molecular weight is 374 g/mol. The number of benzene rings is 2. The van der Waals surface area contributed by atoms with E-state index in [0.717, 1.165) is 35.9 Å². The van der Waals surface area contributed by atoms with Gasteiger partial charge in [0.05, 0.1) is 12.1 Å². The highest BCUT2D eigenvalue weighted by molar-refractivity contribution is 7.15. The summed E-state index contributed by atoms with van der Waals surface area (Å²) in [6.45, 7) is 0. The molecule has 0 spiro atoms. The zero-order chi connectivity index (χ0) is 16.5. The van der Waals surface area contributed by atoms with Gasteiger partial charge in [-0.15, -0.1) is 23.7 Å². The molecule has 0 aliphatic heterocycles. The summed E-state index contributed by atoms with van der Waals surface area (Å²) in [4.78, 5) is 18.1. The summed E-state index contributed by atoms with van der Waals surface area (Å²) in [7, 11) is 0. The Morgan fingerprint density at radius 2 is 2.04 bits per heavy atom. The topological polar surface area (TPSA) is 68.0 Å². The highest BCUT2D eigenvalue weighted by atomic mass is 35.5. The van der Waals surface area contributed by atoms with E-state index in [1.54, 1.807) is 11.3 Å². The number of aromatic nitrogens is 1. The zero-order valence-corrected chi connectivity index (χ0v) is 15.3. The second kappa shape index (κ2) is 7.52. The Kier molecular flexibility index (Phi) is 5.37. The molecule has 130 valence electrons. The lowest BCUT2D eigenvalue weighted by Crippen LogP contribution is -2.27. The number of nitrogens with two attached hydrogens (primary N) is 1. The molecule has 0 saturated carbocycles. The standard InChI is InChI=1S/C19H19N3OS.ClH/c20-15-7-8-16-17(11-15)24-19(21-16)22-18(23)10-12-5-6-13-3-1-2-4-14(13)9-12;/h1-6,9,15H,7-8,10-11,20H2,(H,21,22,23);1H/t15-;/m0./s1. The van der Waals surface area contributed by atoms with Crippen molar-refractivity contribution < 1.29 is 4.79 Å². The number of nitrogens with zero attached hydrogens (tertiary/aromatic N) is 1. The maximum Gasteiger partial charge on any atom is 0.230 e. The molecule has 0 bridgehead atoms. The Morgan fingerprint density at radius 3 is 2.88 bits per heavy atom. The van der Waals surface area contributed by atoms with Gasteiger partial charge in [0.25, 0.3) is 0 Å². The third-order valence-corrected chi connectivity index (χ3v) is 5.44. The predicted molar refractivity (Wildman–Crippen MR) is 106 cm³/mol. The molecule has 25 heavy (non-hydrogen) atoms. The molecule has 1 amide bonds. The van der Waals surface area contributed by atoms with E-state index in [-0.39, 0.29) is 24.4 Å². The molecule has 1 atom stereocenters. The van der Waals surface area contributed by atoms with Crippen molar-refractivity contribution in [3.05, 3.63) is 58.6 Å². The average Bonchev–Trinajstić information content (AvgIpc) is 2.95. The van der Waals surface area contributed by atoms with Gasteiger partial charge in [-0.2, -0.15) is 0 Å². The van der Waals surface area contributed by atoms with Crippen LogP contribution in [0.5, 0.6) is 0 Å². The predicted octanol–water partition coefficient (Wildman–Crippen LogP) is 3.72. The zero-order valence-electron chi connectivity index (χ0n) is 13.7. The van der Waals surface area contributed by atoms with Crippen molar-refractivity contribution in [3.63, 3.8) is 0 Å². The summed E-state index contributed by atoms with van der Waals surface area (Å²) in [5, 5.41) is 5.97. The third kappa shape index (κ3) is 4.00. The number of anilines is 1. The normalized spacial score (nSPS) is 16.1. The molecule has 0 unspecified atom stereocenters. The lowest BCUT2D eigenvalue weighted by molar-refractivity contribution is -0.115. The Morgan fingerprint density at radius 1 is 1.24 bits per heavy atom. The van der Waals surface area contributed by atoms with Crippen LogP contribution in [-0.4, -0.2) is 16.9 Å². The molecule has 2 aromatic carbocycles. The number of thiazole rings is 1. The number of nitrogens with one attached hydrogen (secondary N) is 1. The number of amides is 1. The first-order valence-corrected chi connectivity index (χ1v) is 9.01. The summed E-state index contributed by atoms with van der Waals surface area (Å²) in [6.07, 6.45) is 3.11. The number of carbonyl (C=O) groups is 1. The van der Waals surface area contributed by atoms with Crippen molar-refractivity contribution in [2.24, 2.45) is 5.73 Å². The molecule has 0 fully saturated rings. The van der Waals surface area contributed by atoms with Crippen LogP contribution >= 0.6 is 23.7 Å². The largest absolute Gasteiger partial charge is 0.327 e. The fraction of sp³-hybridized carbons (Fsp3) is 0.263.